The third kappa shape index (κ3) is 5.41. The minimum Gasteiger partial charge on any atom is -0.370 e. The van der Waals surface area contributed by atoms with Crippen molar-refractivity contribution in [2.24, 2.45) is 10.4 Å². The second-order valence-corrected chi connectivity index (χ2v) is 8.35. The monoisotopic (exact) mass is 383 g/mol. The average Bonchev–Trinajstić information content (AvgIpc) is 2.61. The molecule has 0 unspecified atom stereocenters. The van der Waals surface area contributed by atoms with Gasteiger partial charge in [-0.2, -0.15) is 0 Å². The lowest BCUT2D eigenvalue weighted by molar-refractivity contribution is -0.122. The van der Waals surface area contributed by atoms with Crippen LogP contribution in [0.5, 0.6) is 0 Å². The van der Waals surface area contributed by atoms with E-state index in [1.54, 1.807) is 19.2 Å². The van der Waals surface area contributed by atoms with Gasteiger partial charge < -0.3 is 5.32 Å². The summed E-state index contributed by atoms with van der Waals surface area (Å²) in [6.45, 7) is 14.8. The first-order valence-electron chi connectivity index (χ1n) is 9.43. The smallest absolute Gasteiger partial charge is 0.255 e. The lowest BCUT2D eigenvalue weighted by atomic mass is 9.96. The van der Waals surface area contributed by atoms with Crippen LogP contribution in [-0.4, -0.2) is 30.2 Å². The molecule has 0 atom stereocenters. The summed E-state index contributed by atoms with van der Waals surface area (Å²) in [7, 11) is 1.68. The summed E-state index contributed by atoms with van der Waals surface area (Å²) in [6, 6.07) is 5.07. The maximum Gasteiger partial charge on any atom is 0.255 e. The Hall–Kier alpha value is -2.69. The van der Waals surface area contributed by atoms with Crippen LogP contribution >= 0.6 is 0 Å². The van der Waals surface area contributed by atoms with Crippen molar-refractivity contribution >= 4 is 11.7 Å². The van der Waals surface area contributed by atoms with Gasteiger partial charge in [0.15, 0.2) is 0 Å². The Morgan fingerprint density at radius 3 is 2.61 bits per heavy atom. The normalized spacial score (nSPS) is 17.9. The number of allylic oxidation sites excluding steroid dienone is 1. The first-order chi connectivity index (χ1) is 13.0. The molecule has 1 N–H and O–H groups in total. The van der Waals surface area contributed by atoms with E-state index in [-0.39, 0.29) is 23.6 Å². The second-order valence-electron chi connectivity index (χ2n) is 8.35. The van der Waals surface area contributed by atoms with Gasteiger partial charge in [-0.25, -0.2) is 9.38 Å². The van der Waals surface area contributed by atoms with Crippen molar-refractivity contribution in [1.82, 2.24) is 10.2 Å². The summed E-state index contributed by atoms with van der Waals surface area (Å²) in [5.74, 6) is 0.558. The van der Waals surface area contributed by atoms with E-state index in [0.717, 1.165) is 17.7 Å². The van der Waals surface area contributed by atoms with Crippen LogP contribution < -0.4 is 5.32 Å². The fourth-order valence-electron chi connectivity index (χ4n) is 2.83. The summed E-state index contributed by atoms with van der Waals surface area (Å²) in [5.41, 5.74) is 2.79. The van der Waals surface area contributed by atoms with Crippen LogP contribution in [0, 0.1) is 18.2 Å². The zero-order valence-electron chi connectivity index (χ0n) is 17.7. The Balaban J connectivity index is 2.28. The third-order valence-electron chi connectivity index (χ3n) is 4.45. The van der Waals surface area contributed by atoms with Crippen LogP contribution in [0.3, 0.4) is 0 Å². The van der Waals surface area contributed by atoms with Gasteiger partial charge in [0.25, 0.3) is 5.91 Å². The van der Waals surface area contributed by atoms with Crippen LogP contribution in [0.2, 0.25) is 0 Å². The Bertz CT molecular complexity index is 872. The number of benzene rings is 1. The quantitative estimate of drug-likeness (QED) is 0.812. The molecule has 1 aliphatic rings. The minimum atomic E-state index is -0.294. The van der Waals surface area contributed by atoms with Crippen LogP contribution in [0.1, 0.15) is 38.8 Å². The van der Waals surface area contributed by atoms with Gasteiger partial charge in [-0.05, 0) is 42.5 Å². The highest BCUT2D eigenvalue weighted by molar-refractivity contribution is 6.17. The van der Waals surface area contributed by atoms with Crippen LogP contribution in [-0.2, 0) is 11.2 Å². The topological polar surface area (TPSA) is 44.7 Å². The van der Waals surface area contributed by atoms with Gasteiger partial charge in [0, 0.05) is 31.2 Å². The third-order valence-corrected chi connectivity index (χ3v) is 4.45. The van der Waals surface area contributed by atoms with Crippen LogP contribution in [0.4, 0.5) is 4.39 Å². The molecule has 0 fully saturated rings. The largest absolute Gasteiger partial charge is 0.370 e. The maximum absolute atomic E-state index is 14.2. The van der Waals surface area contributed by atoms with E-state index < -0.39 is 0 Å². The number of aryl methyl sites for hydroxylation is 1. The van der Waals surface area contributed by atoms with Crippen LogP contribution in [0.25, 0.3) is 0 Å². The first kappa shape index (κ1) is 21.6. The number of amides is 1. The van der Waals surface area contributed by atoms with Crippen molar-refractivity contribution in [3.8, 4) is 0 Å². The zero-order valence-corrected chi connectivity index (χ0v) is 17.7. The molecule has 1 heterocycles. The highest BCUT2D eigenvalue weighted by Gasteiger charge is 2.27. The molecular weight excluding hydrogens is 353 g/mol. The Morgan fingerprint density at radius 1 is 1.36 bits per heavy atom. The van der Waals surface area contributed by atoms with Gasteiger partial charge in [-0.3, -0.25) is 9.69 Å². The standard InChI is InChI=1S/C23H30FN3O/c1-8-17-12-19(13-18-10-9-15(2)11-20(18)24)22(28)27(7)21(17)26-16(3)25-14-23(4,5)6/h8-12,25H,3,13-14H2,1-2,4-7H3/b17-8-,26-21+. The summed E-state index contributed by atoms with van der Waals surface area (Å²) in [5, 5.41) is 3.20. The Kier molecular flexibility index (Phi) is 6.60. The van der Waals surface area contributed by atoms with Crippen molar-refractivity contribution in [3.05, 3.63) is 70.8 Å². The van der Waals surface area contributed by atoms with Gasteiger partial charge in [-0.15, -0.1) is 0 Å². The number of rotatable bonds is 5. The molecule has 0 radical (unpaired) electrons. The van der Waals surface area contributed by atoms with Crippen molar-refractivity contribution < 1.29 is 9.18 Å². The Morgan fingerprint density at radius 2 is 2.04 bits per heavy atom. The number of nitrogens with zero attached hydrogens (tertiary/aromatic N) is 2. The number of carbonyl (C=O) groups excluding carboxylic acids is 1. The average molecular weight is 384 g/mol. The van der Waals surface area contributed by atoms with Gasteiger partial charge in [0.05, 0.1) is 0 Å². The van der Waals surface area contributed by atoms with E-state index >= 15 is 0 Å². The molecular formula is C23H30FN3O. The van der Waals surface area contributed by atoms with Crippen molar-refractivity contribution in [3.63, 3.8) is 0 Å². The molecule has 0 saturated carbocycles. The highest BCUT2D eigenvalue weighted by atomic mass is 19.1. The van der Waals surface area contributed by atoms with Gasteiger partial charge >= 0.3 is 0 Å². The van der Waals surface area contributed by atoms with E-state index in [4.69, 9.17) is 0 Å². The number of aliphatic imine (C=N–C) groups is 1. The number of carbonyl (C=O) groups is 1. The molecule has 1 aromatic rings. The number of halogens is 1. The fourth-order valence-corrected chi connectivity index (χ4v) is 2.83. The minimum absolute atomic E-state index is 0.0893. The van der Waals surface area contributed by atoms with E-state index in [0.29, 0.717) is 22.8 Å². The van der Waals surface area contributed by atoms with Gasteiger partial charge in [0.2, 0.25) is 0 Å². The molecule has 1 amide bonds. The molecule has 1 aliphatic heterocycles. The molecule has 4 nitrogen and oxygen atoms in total. The van der Waals surface area contributed by atoms with Crippen LogP contribution in [0.15, 0.2) is 58.9 Å². The lowest BCUT2D eigenvalue weighted by Gasteiger charge is -2.27. The zero-order chi connectivity index (χ0) is 21.1. The lowest BCUT2D eigenvalue weighted by Crippen LogP contribution is -2.39. The summed E-state index contributed by atoms with van der Waals surface area (Å²) >= 11 is 0. The number of nitrogens with one attached hydrogen (secondary N) is 1. The van der Waals surface area contributed by atoms with E-state index in [2.05, 4.69) is 37.7 Å². The molecule has 0 aromatic heterocycles. The summed E-state index contributed by atoms with van der Waals surface area (Å²) in [6.07, 6.45) is 3.92. The van der Waals surface area contributed by atoms with Crippen molar-refractivity contribution in [2.45, 2.75) is 41.0 Å². The maximum atomic E-state index is 14.2. The number of hydrogen-bond donors (Lipinski definition) is 1. The molecule has 5 heteroatoms. The molecule has 0 aliphatic carbocycles. The van der Waals surface area contributed by atoms with E-state index in [1.165, 1.54) is 11.0 Å². The first-order valence-corrected chi connectivity index (χ1v) is 9.43. The highest BCUT2D eigenvalue weighted by Crippen LogP contribution is 2.23. The molecule has 0 saturated heterocycles. The van der Waals surface area contributed by atoms with Gasteiger partial charge in [0.1, 0.15) is 17.5 Å². The number of hydrogen-bond acceptors (Lipinski definition) is 3. The van der Waals surface area contributed by atoms with Gasteiger partial charge in [-0.1, -0.05) is 45.6 Å². The Labute approximate surface area is 167 Å². The van der Waals surface area contributed by atoms with E-state index in [1.807, 2.05) is 26.0 Å². The predicted molar refractivity (Wildman–Crippen MR) is 113 cm³/mol. The molecule has 150 valence electrons. The summed E-state index contributed by atoms with van der Waals surface area (Å²) < 4.78 is 14.2. The summed E-state index contributed by atoms with van der Waals surface area (Å²) in [4.78, 5) is 18.9. The SMILES string of the molecule is C=C(/N=C1\C(=C/C)C=C(Cc2ccc(C)cc2F)C(=O)N1C)NCC(C)(C)C. The molecule has 0 spiro atoms. The van der Waals surface area contributed by atoms with Crippen molar-refractivity contribution in [1.29, 1.82) is 0 Å². The molecule has 1 aromatic carbocycles. The van der Waals surface area contributed by atoms with Crippen molar-refractivity contribution in [2.75, 3.05) is 13.6 Å². The van der Waals surface area contributed by atoms with E-state index in [9.17, 15) is 9.18 Å². The molecule has 2 rings (SSSR count). The fraction of sp³-hybridized carbons (Fsp3) is 0.391. The molecule has 0 bridgehead atoms. The number of likely N-dealkylation sites (N-methyl/N-ethyl adjacent to an activating group) is 1. The predicted octanol–water partition coefficient (Wildman–Crippen LogP) is 4.53. The molecule has 28 heavy (non-hydrogen) atoms. The number of amidine groups is 1. The second kappa shape index (κ2) is 8.55.